The number of carbonyl (C=O) groups is 2. The molecule has 1 unspecified atom stereocenters. The minimum Gasteiger partial charge on any atom is -0.507 e. The number of aryl methyl sites for hydroxylation is 2. The van der Waals surface area contributed by atoms with E-state index in [1.165, 1.54) is 16.2 Å². The fourth-order valence-electron chi connectivity index (χ4n) is 4.24. The third kappa shape index (κ3) is 3.95. The second-order valence-electron chi connectivity index (χ2n) is 8.57. The first-order valence-electron chi connectivity index (χ1n) is 10.8. The molecule has 1 fully saturated rings. The number of rotatable bonds is 5. The highest BCUT2D eigenvalue weighted by Gasteiger charge is 2.47. The van der Waals surface area contributed by atoms with Gasteiger partial charge in [0.15, 0.2) is 0 Å². The summed E-state index contributed by atoms with van der Waals surface area (Å²) in [5.41, 5.74) is 3.98. The predicted octanol–water partition coefficient (Wildman–Crippen LogP) is 6.12. The van der Waals surface area contributed by atoms with E-state index in [1.54, 1.807) is 13.2 Å². The van der Waals surface area contributed by atoms with Crippen LogP contribution in [0.25, 0.3) is 5.76 Å². The van der Waals surface area contributed by atoms with Crippen LogP contribution in [0.5, 0.6) is 5.75 Å². The molecule has 0 bridgehead atoms. The number of nitrogens with zero attached hydrogens (tertiary/aromatic N) is 1. The first-order chi connectivity index (χ1) is 15.7. The molecule has 1 aliphatic rings. The van der Waals surface area contributed by atoms with Crippen LogP contribution in [0.15, 0.2) is 59.5 Å². The number of Topliss-reactive ketones (excluding diaryl/α,β-unsaturated/α-hetero) is 1. The fourth-order valence-corrected chi connectivity index (χ4v) is 5.07. The highest BCUT2D eigenvalue weighted by molar-refractivity contribution is 7.10. The van der Waals surface area contributed by atoms with Crippen LogP contribution < -0.4 is 9.64 Å². The van der Waals surface area contributed by atoms with Gasteiger partial charge in [0.25, 0.3) is 11.7 Å². The number of aliphatic hydroxyl groups excluding tert-OH is 1. The maximum Gasteiger partial charge on any atom is 0.300 e. The van der Waals surface area contributed by atoms with Crippen LogP contribution >= 0.6 is 11.3 Å². The Kier molecular flexibility index (Phi) is 6.13. The molecular formula is C27H27NO4S. The van der Waals surface area contributed by atoms with E-state index in [0.717, 1.165) is 21.6 Å². The number of hydrogen-bond donors (Lipinski definition) is 1. The van der Waals surface area contributed by atoms with Crippen LogP contribution in [0.1, 0.15) is 52.9 Å². The number of thiophene rings is 1. The van der Waals surface area contributed by atoms with Gasteiger partial charge in [-0.25, -0.2) is 0 Å². The predicted molar refractivity (Wildman–Crippen MR) is 132 cm³/mol. The molecule has 0 saturated carbocycles. The highest BCUT2D eigenvalue weighted by Crippen LogP contribution is 2.44. The van der Waals surface area contributed by atoms with E-state index >= 15 is 0 Å². The van der Waals surface area contributed by atoms with Crippen LogP contribution in [-0.4, -0.2) is 23.9 Å². The molecule has 1 N–H and O–H groups in total. The van der Waals surface area contributed by atoms with Gasteiger partial charge >= 0.3 is 0 Å². The Labute approximate surface area is 197 Å². The molecule has 33 heavy (non-hydrogen) atoms. The van der Waals surface area contributed by atoms with Crippen molar-refractivity contribution >= 4 is 34.5 Å². The van der Waals surface area contributed by atoms with E-state index in [9.17, 15) is 14.7 Å². The third-order valence-electron chi connectivity index (χ3n) is 6.09. The fraction of sp³-hybridized carbons (Fsp3) is 0.259. The first-order valence-corrected chi connectivity index (χ1v) is 11.7. The Morgan fingerprint density at radius 1 is 1.06 bits per heavy atom. The lowest BCUT2D eigenvalue weighted by Gasteiger charge is -2.24. The van der Waals surface area contributed by atoms with Crippen molar-refractivity contribution in [2.75, 3.05) is 12.0 Å². The minimum absolute atomic E-state index is 0.100. The van der Waals surface area contributed by atoms with Crippen molar-refractivity contribution in [3.8, 4) is 5.75 Å². The van der Waals surface area contributed by atoms with Gasteiger partial charge in [-0.05, 0) is 72.2 Å². The second-order valence-corrected chi connectivity index (χ2v) is 9.55. The van der Waals surface area contributed by atoms with Crippen molar-refractivity contribution in [1.29, 1.82) is 0 Å². The molecule has 0 spiro atoms. The molecule has 1 atom stereocenters. The van der Waals surface area contributed by atoms with Crippen molar-refractivity contribution in [3.63, 3.8) is 0 Å². The molecule has 1 aliphatic heterocycles. The maximum absolute atomic E-state index is 13.3. The Morgan fingerprint density at radius 3 is 2.33 bits per heavy atom. The monoisotopic (exact) mass is 461 g/mol. The number of methoxy groups -OCH3 is 1. The van der Waals surface area contributed by atoms with Gasteiger partial charge < -0.3 is 9.84 Å². The summed E-state index contributed by atoms with van der Waals surface area (Å²) in [7, 11) is 1.59. The minimum atomic E-state index is -0.697. The molecule has 4 rings (SSSR count). The summed E-state index contributed by atoms with van der Waals surface area (Å²) in [4.78, 5) is 28.8. The summed E-state index contributed by atoms with van der Waals surface area (Å²) in [5, 5.41) is 13.3. The van der Waals surface area contributed by atoms with Crippen molar-refractivity contribution in [2.45, 2.75) is 39.7 Å². The number of ketones is 1. The molecule has 0 radical (unpaired) electrons. The van der Waals surface area contributed by atoms with Crippen molar-refractivity contribution in [3.05, 3.63) is 86.6 Å². The topological polar surface area (TPSA) is 66.8 Å². The smallest absolute Gasteiger partial charge is 0.300 e. The number of anilines is 1. The maximum atomic E-state index is 13.3. The van der Waals surface area contributed by atoms with Gasteiger partial charge in [-0.15, -0.1) is 11.3 Å². The van der Waals surface area contributed by atoms with Gasteiger partial charge in [0.1, 0.15) is 17.6 Å². The molecule has 170 valence electrons. The molecule has 2 heterocycles. The summed E-state index contributed by atoms with van der Waals surface area (Å²) < 4.78 is 5.38. The third-order valence-corrected chi connectivity index (χ3v) is 7.02. The summed E-state index contributed by atoms with van der Waals surface area (Å²) >= 11 is 1.45. The SMILES string of the molecule is COc1cc(C)c(/C(O)=C2/C(=O)C(=O)N(c3ccc(C(C)C)cc3)C2c2cccs2)cc1C. The lowest BCUT2D eigenvalue weighted by molar-refractivity contribution is -0.132. The van der Waals surface area contributed by atoms with Crippen LogP contribution in [0.3, 0.4) is 0 Å². The van der Waals surface area contributed by atoms with Crippen LogP contribution in [0.4, 0.5) is 5.69 Å². The number of carbonyl (C=O) groups excluding carboxylic acids is 2. The van der Waals surface area contributed by atoms with Gasteiger partial charge in [-0.1, -0.05) is 32.0 Å². The zero-order valence-electron chi connectivity index (χ0n) is 19.4. The average molecular weight is 462 g/mol. The van der Waals surface area contributed by atoms with Crippen LogP contribution in [0, 0.1) is 13.8 Å². The number of hydrogen-bond acceptors (Lipinski definition) is 5. The van der Waals surface area contributed by atoms with E-state index in [4.69, 9.17) is 4.74 Å². The first kappa shape index (κ1) is 22.8. The van der Waals surface area contributed by atoms with E-state index in [1.807, 2.05) is 61.7 Å². The van der Waals surface area contributed by atoms with Crippen LogP contribution in [0.2, 0.25) is 0 Å². The molecule has 2 aromatic carbocycles. The molecule has 5 nitrogen and oxygen atoms in total. The standard InChI is InChI=1S/C27H27NO4S/c1-15(2)18-8-10-19(11-9-18)28-24(22-7-6-12-33-22)23(26(30)27(28)31)25(29)20-13-17(4)21(32-5)14-16(20)3/h6-15,24,29H,1-5H3/b25-23-. The molecule has 1 aromatic heterocycles. The van der Waals surface area contributed by atoms with E-state index in [2.05, 4.69) is 13.8 Å². The number of amides is 1. The Balaban J connectivity index is 1.90. The van der Waals surface area contributed by atoms with Crippen molar-refractivity contribution in [1.82, 2.24) is 0 Å². The summed E-state index contributed by atoms with van der Waals surface area (Å²) in [6, 6.07) is 14.4. The Bertz CT molecular complexity index is 1240. The van der Waals surface area contributed by atoms with E-state index in [0.29, 0.717) is 22.9 Å². The molecular weight excluding hydrogens is 434 g/mol. The number of aliphatic hydroxyl groups is 1. The van der Waals surface area contributed by atoms with Crippen molar-refractivity contribution < 1.29 is 19.4 Å². The zero-order chi connectivity index (χ0) is 23.9. The van der Waals surface area contributed by atoms with Crippen LogP contribution in [-0.2, 0) is 9.59 Å². The lowest BCUT2D eigenvalue weighted by atomic mass is 9.95. The summed E-state index contributed by atoms with van der Waals surface area (Å²) in [6.45, 7) is 7.93. The normalized spacial score (nSPS) is 17.8. The summed E-state index contributed by atoms with van der Waals surface area (Å²) in [6.07, 6.45) is 0. The Hall–Kier alpha value is -3.38. The van der Waals surface area contributed by atoms with Gasteiger partial charge in [-0.3, -0.25) is 14.5 Å². The molecule has 3 aromatic rings. The number of ether oxygens (including phenoxy) is 1. The molecule has 6 heteroatoms. The lowest BCUT2D eigenvalue weighted by Crippen LogP contribution is -2.29. The van der Waals surface area contributed by atoms with Gasteiger partial charge in [0.05, 0.1) is 12.7 Å². The summed E-state index contributed by atoms with van der Waals surface area (Å²) in [5.74, 6) is -0.452. The van der Waals surface area contributed by atoms with E-state index < -0.39 is 17.7 Å². The molecule has 1 amide bonds. The highest BCUT2D eigenvalue weighted by atomic mass is 32.1. The van der Waals surface area contributed by atoms with Gasteiger partial charge in [0, 0.05) is 16.1 Å². The van der Waals surface area contributed by atoms with Crippen molar-refractivity contribution in [2.24, 2.45) is 0 Å². The zero-order valence-corrected chi connectivity index (χ0v) is 20.2. The Morgan fingerprint density at radius 2 is 1.76 bits per heavy atom. The molecule has 0 aliphatic carbocycles. The number of benzene rings is 2. The van der Waals surface area contributed by atoms with Gasteiger partial charge in [-0.2, -0.15) is 0 Å². The quantitative estimate of drug-likeness (QED) is 0.282. The molecule has 1 saturated heterocycles. The average Bonchev–Trinajstić information content (AvgIpc) is 3.41. The van der Waals surface area contributed by atoms with E-state index in [-0.39, 0.29) is 11.3 Å². The largest absolute Gasteiger partial charge is 0.507 e. The van der Waals surface area contributed by atoms with Gasteiger partial charge in [0.2, 0.25) is 0 Å². The second kappa shape index (κ2) is 8.87.